The van der Waals surface area contributed by atoms with Crippen LogP contribution in [0.15, 0.2) is 46.4 Å². The number of hydrogen-bond donors (Lipinski definition) is 2. The van der Waals surface area contributed by atoms with Crippen LogP contribution in [0.5, 0.6) is 5.75 Å². The van der Waals surface area contributed by atoms with Crippen molar-refractivity contribution < 1.29 is 18.4 Å². The molecule has 0 amide bonds. The highest BCUT2D eigenvalue weighted by Crippen LogP contribution is 2.30. The maximum atomic E-state index is 12.1. The van der Waals surface area contributed by atoms with Crippen LogP contribution in [0.3, 0.4) is 0 Å². The Morgan fingerprint density at radius 3 is 2.50 bits per heavy atom. The lowest BCUT2D eigenvalue weighted by Gasteiger charge is -2.04. The normalized spacial score (nSPS) is 11.6. The molecule has 2 rings (SSSR count). The number of aryl methyl sites for hydroxylation is 1. The molecule has 0 atom stereocenters. The Balaban J connectivity index is 2.26. The average molecular weight is 461 g/mol. The fourth-order valence-electron chi connectivity index (χ4n) is 1.78. The van der Waals surface area contributed by atoms with Gasteiger partial charge in [-0.1, -0.05) is 17.7 Å². The van der Waals surface area contributed by atoms with E-state index in [0.717, 1.165) is 11.8 Å². The number of phenolic OH excluding ortho intramolecular Hbond substituents is 1. The van der Waals surface area contributed by atoms with Gasteiger partial charge in [0.1, 0.15) is 0 Å². The van der Waals surface area contributed by atoms with Crippen molar-refractivity contribution in [1.29, 1.82) is 0 Å². The number of nitro benzene ring substituents is 1. The second-order valence-corrected chi connectivity index (χ2v) is 7.69. The zero-order valence-electron chi connectivity index (χ0n) is 12.3. The number of rotatable bonds is 5. The van der Waals surface area contributed by atoms with E-state index < -0.39 is 26.4 Å². The first kappa shape index (κ1) is 18.1. The van der Waals surface area contributed by atoms with Crippen LogP contribution in [-0.4, -0.2) is 24.7 Å². The maximum Gasteiger partial charge on any atom is 0.312 e. The summed E-state index contributed by atoms with van der Waals surface area (Å²) in [7, 11) is -3.86. The van der Waals surface area contributed by atoms with Gasteiger partial charge in [-0.15, -0.1) is 0 Å². The van der Waals surface area contributed by atoms with Crippen LogP contribution in [-0.2, 0) is 10.0 Å². The van der Waals surface area contributed by atoms with Gasteiger partial charge < -0.3 is 5.11 Å². The molecule has 0 aliphatic rings. The van der Waals surface area contributed by atoms with Crippen molar-refractivity contribution in [2.75, 3.05) is 0 Å². The molecule has 0 unspecified atom stereocenters. The summed E-state index contributed by atoms with van der Waals surface area (Å²) in [6.07, 6.45) is 1.01. The molecule has 0 radical (unpaired) electrons. The van der Waals surface area contributed by atoms with Gasteiger partial charge in [0.15, 0.2) is 0 Å². The summed E-state index contributed by atoms with van der Waals surface area (Å²) in [4.78, 5) is 12.2. The molecule has 0 bridgehead atoms. The predicted molar refractivity (Wildman–Crippen MR) is 96.6 cm³/mol. The molecule has 126 valence electrons. The Bertz CT molecular complexity index is 911. The van der Waals surface area contributed by atoms with Gasteiger partial charge in [-0.2, -0.15) is 13.5 Å². The third kappa shape index (κ3) is 4.20. The Kier molecular flexibility index (Phi) is 5.39. The molecule has 8 nitrogen and oxygen atoms in total. The van der Waals surface area contributed by atoms with Gasteiger partial charge in [0.25, 0.3) is 10.0 Å². The number of nitro groups is 1. The van der Waals surface area contributed by atoms with E-state index in [2.05, 4.69) is 5.10 Å². The molecule has 10 heteroatoms. The van der Waals surface area contributed by atoms with Crippen LogP contribution in [0.4, 0.5) is 5.69 Å². The second-order valence-electron chi connectivity index (χ2n) is 4.79. The third-order valence-electron chi connectivity index (χ3n) is 2.99. The van der Waals surface area contributed by atoms with E-state index in [-0.39, 0.29) is 10.5 Å². The lowest BCUT2D eigenvalue weighted by molar-refractivity contribution is -0.386. The molecule has 0 heterocycles. The van der Waals surface area contributed by atoms with E-state index in [1.165, 1.54) is 24.3 Å². The SMILES string of the molecule is Cc1ccc(S(=O)(=O)N/N=C\c2cc(I)cc([N+](=O)[O-])c2O)cc1. The van der Waals surface area contributed by atoms with Crippen molar-refractivity contribution in [3.05, 3.63) is 61.2 Å². The molecule has 0 aromatic heterocycles. The molecular weight excluding hydrogens is 449 g/mol. The lowest BCUT2D eigenvalue weighted by atomic mass is 10.2. The van der Waals surface area contributed by atoms with Crippen LogP contribution in [0.2, 0.25) is 0 Å². The first-order valence-corrected chi connectivity index (χ1v) is 9.05. The van der Waals surface area contributed by atoms with Crippen molar-refractivity contribution in [1.82, 2.24) is 4.83 Å². The summed E-state index contributed by atoms with van der Waals surface area (Å²) in [6, 6.07) is 8.79. The van der Waals surface area contributed by atoms with Crippen molar-refractivity contribution in [2.45, 2.75) is 11.8 Å². The van der Waals surface area contributed by atoms with E-state index in [1.54, 1.807) is 12.1 Å². The molecule has 2 aromatic rings. The van der Waals surface area contributed by atoms with E-state index in [0.29, 0.717) is 3.57 Å². The number of halogens is 1. The van der Waals surface area contributed by atoms with Crippen molar-refractivity contribution >= 4 is 44.5 Å². The number of nitrogens with one attached hydrogen (secondary N) is 1. The summed E-state index contributed by atoms with van der Waals surface area (Å²) in [5.41, 5.74) is 0.457. The van der Waals surface area contributed by atoms with Gasteiger partial charge in [-0.05, 0) is 47.7 Å². The molecule has 0 saturated carbocycles. The number of aromatic hydroxyl groups is 1. The summed E-state index contributed by atoms with van der Waals surface area (Å²) in [5, 5.41) is 24.3. The number of hydrazone groups is 1. The van der Waals surface area contributed by atoms with E-state index in [9.17, 15) is 23.6 Å². The Morgan fingerprint density at radius 2 is 1.92 bits per heavy atom. The summed E-state index contributed by atoms with van der Waals surface area (Å²) >= 11 is 1.85. The minimum absolute atomic E-state index is 0.0280. The smallest absolute Gasteiger partial charge is 0.312 e. The fourth-order valence-corrected chi connectivity index (χ4v) is 3.20. The van der Waals surface area contributed by atoms with E-state index in [4.69, 9.17) is 0 Å². The Morgan fingerprint density at radius 1 is 1.29 bits per heavy atom. The molecule has 2 aromatic carbocycles. The van der Waals surface area contributed by atoms with Gasteiger partial charge in [-0.25, -0.2) is 4.83 Å². The molecular formula is C14H12IN3O5S. The van der Waals surface area contributed by atoms with Crippen molar-refractivity contribution in [2.24, 2.45) is 5.10 Å². The van der Waals surface area contributed by atoms with Crippen molar-refractivity contribution in [3.63, 3.8) is 0 Å². The standard InChI is InChI=1S/C14H12IN3O5S/c1-9-2-4-12(5-3-9)24(22,23)17-16-8-10-6-11(15)7-13(14(10)19)18(20)21/h2-8,17,19H,1H3/b16-8-. The largest absolute Gasteiger partial charge is 0.502 e. The number of phenols is 1. The number of benzene rings is 2. The molecule has 0 saturated heterocycles. The van der Waals surface area contributed by atoms with Gasteiger partial charge in [0.05, 0.1) is 16.0 Å². The molecule has 0 spiro atoms. The lowest BCUT2D eigenvalue weighted by Crippen LogP contribution is -2.18. The summed E-state index contributed by atoms with van der Waals surface area (Å²) in [6.45, 7) is 1.83. The molecule has 0 aliphatic heterocycles. The minimum Gasteiger partial charge on any atom is -0.502 e. The monoisotopic (exact) mass is 461 g/mol. The highest BCUT2D eigenvalue weighted by molar-refractivity contribution is 14.1. The van der Waals surface area contributed by atoms with Crippen LogP contribution in [0.1, 0.15) is 11.1 Å². The number of hydrogen-bond acceptors (Lipinski definition) is 6. The molecule has 0 fully saturated rings. The fraction of sp³-hybridized carbons (Fsp3) is 0.0714. The molecule has 0 aliphatic carbocycles. The van der Waals surface area contributed by atoms with Gasteiger partial charge in [0.2, 0.25) is 5.75 Å². The molecule has 2 N–H and O–H groups in total. The van der Waals surface area contributed by atoms with Crippen molar-refractivity contribution in [3.8, 4) is 5.75 Å². The van der Waals surface area contributed by atoms with E-state index in [1.807, 2.05) is 34.3 Å². The first-order valence-electron chi connectivity index (χ1n) is 6.49. The summed E-state index contributed by atoms with van der Waals surface area (Å²) in [5.74, 6) is -0.585. The van der Waals surface area contributed by atoms with Gasteiger partial charge in [0, 0.05) is 15.2 Å². The third-order valence-corrected chi connectivity index (χ3v) is 4.85. The highest BCUT2D eigenvalue weighted by Gasteiger charge is 2.18. The molecule has 24 heavy (non-hydrogen) atoms. The van der Waals surface area contributed by atoms with Gasteiger partial charge in [-0.3, -0.25) is 10.1 Å². The second kappa shape index (κ2) is 7.13. The Labute approximate surface area is 151 Å². The maximum absolute atomic E-state index is 12.1. The van der Waals surface area contributed by atoms with Crippen LogP contribution < -0.4 is 4.83 Å². The van der Waals surface area contributed by atoms with Gasteiger partial charge >= 0.3 is 5.69 Å². The zero-order chi connectivity index (χ0) is 17.9. The average Bonchev–Trinajstić information content (AvgIpc) is 2.50. The predicted octanol–water partition coefficient (Wildman–Crippen LogP) is 2.53. The quantitative estimate of drug-likeness (QED) is 0.307. The highest BCUT2D eigenvalue weighted by atomic mass is 127. The zero-order valence-corrected chi connectivity index (χ0v) is 15.3. The number of sulfonamides is 1. The topological polar surface area (TPSA) is 122 Å². The number of nitrogens with zero attached hydrogens (tertiary/aromatic N) is 2. The van der Waals surface area contributed by atoms with Crippen LogP contribution in [0.25, 0.3) is 0 Å². The van der Waals surface area contributed by atoms with Crippen LogP contribution >= 0.6 is 22.6 Å². The van der Waals surface area contributed by atoms with E-state index >= 15 is 0 Å². The minimum atomic E-state index is -3.86. The summed E-state index contributed by atoms with van der Waals surface area (Å²) < 4.78 is 24.6. The van der Waals surface area contributed by atoms with Crippen LogP contribution in [0, 0.1) is 20.6 Å². The Hall–Kier alpha value is -2.21. The first-order chi connectivity index (χ1) is 11.2.